The third-order valence-corrected chi connectivity index (χ3v) is 4.69. The van der Waals surface area contributed by atoms with Crippen LogP contribution in [-0.4, -0.2) is 6.10 Å². The first-order valence-corrected chi connectivity index (χ1v) is 7.85. The molecule has 21 heavy (non-hydrogen) atoms. The molecule has 0 bridgehead atoms. The van der Waals surface area contributed by atoms with Crippen molar-refractivity contribution in [2.45, 2.75) is 38.4 Å². The SMILES string of the molecule is c1ccc(COC2CCC3=C(Cc4ccccc43)C2)cc1. The molecule has 4 rings (SSSR count). The number of ether oxygens (including phenoxy) is 1. The quantitative estimate of drug-likeness (QED) is 0.785. The number of fused-ring (bicyclic) bond motifs is 2. The summed E-state index contributed by atoms with van der Waals surface area (Å²) >= 11 is 0. The van der Waals surface area contributed by atoms with Gasteiger partial charge < -0.3 is 4.74 Å². The average Bonchev–Trinajstić information content (AvgIpc) is 2.91. The molecule has 1 atom stereocenters. The molecule has 0 N–H and O–H groups in total. The molecule has 0 amide bonds. The Bertz CT molecular complexity index is 669. The van der Waals surface area contributed by atoms with E-state index in [1.807, 2.05) is 0 Å². The van der Waals surface area contributed by atoms with E-state index in [0.717, 1.165) is 25.9 Å². The molecule has 2 aliphatic rings. The molecular weight excluding hydrogens is 256 g/mol. The van der Waals surface area contributed by atoms with Gasteiger partial charge in [-0.3, -0.25) is 0 Å². The van der Waals surface area contributed by atoms with Crippen LogP contribution < -0.4 is 0 Å². The highest BCUT2D eigenvalue weighted by Gasteiger charge is 2.28. The van der Waals surface area contributed by atoms with E-state index < -0.39 is 0 Å². The van der Waals surface area contributed by atoms with Crippen LogP contribution in [-0.2, 0) is 17.8 Å². The minimum Gasteiger partial charge on any atom is -0.373 e. The molecular formula is C20H20O. The lowest BCUT2D eigenvalue weighted by molar-refractivity contribution is 0.0338. The van der Waals surface area contributed by atoms with Gasteiger partial charge in [-0.1, -0.05) is 60.2 Å². The predicted molar refractivity (Wildman–Crippen MR) is 85.9 cm³/mol. The van der Waals surface area contributed by atoms with Crippen LogP contribution in [0.3, 0.4) is 0 Å². The summed E-state index contributed by atoms with van der Waals surface area (Å²) in [6, 6.07) is 19.3. The van der Waals surface area contributed by atoms with Gasteiger partial charge in [0.05, 0.1) is 12.7 Å². The molecule has 0 fully saturated rings. The Morgan fingerprint density at radius 3 is 2.67 bits per heavy atom. The number of allylic oxidation sites excluding steroid dienone is 1. The van der Waals surface area contributed by atoms with Gasteiger partial charge in [0.25, 0.3) is 0 Å². The highest BCUT2D eigenvalue weighted by Crippen LogP contribution is 2.42. The van der Waals surface area contributed by atoms with Crippen molar-refractivity contribution in [3.63, 3.8) is 0 Å². The summed E-state index contributed by atoms with van der Waals surface area (Å²) in [6.45, 7) is 0.737. The Balaban J connectivity index is 1.43. The lowest BCUT2D eigenvalue weighted by Gasteiger charge is -2.24. The van der Waals surface area contributed by atoms with Crippen LogP contribution in [0.4, 0.5) is 0 Å². The molecule has 1 nitrogen and oxygen atoms in total. The van der Waals surface area contributed by atoms with Crippen LogP contribution in [0.25, 0.3) is 5.57 Å². The molecule has 0 saturated carbocycles. The van der Waals surface area contributed by atoms with Gasteiger partial charge in [0.1, 0.15) is 0 Å². The normalized spacial score (nSPS) is 20.3. The maximum Gasteiger partial charge on any atom is 0.0720 e. The summed E-state index contributed by atoms with van der Waals surface area (Å²) in [5.74, 6) is 0. The number of benzene rings is 2. The lowest BCUT2D eigenvalue weighted by Crippen LogP contribution is -2.17. The first-order chi connectivity index (χ1) is 10.4. The minimum atomic E-state index is 0.387. The minimum absolute atomic E-state index is 0.387. The second-order valence-corrected chi connectivity index (χ2v) is 6.08. The zero-order chi connectivity index (χ0) is 14.1. The molecule has 2 aromatic carbocycles. The van der Waals surface area contributed by atoms with E-state index in [1.165, 1.54) is 23.1 Å². The molecule has 1 unspecified atom stereocenters. The third-order valence-electron chi connectivity index (χ3n) is 4.69. The van der Waals surface area contributed by atoms with Crippen molar-refractivity contribution >= 4 is 5.57 Å². The van der Waals surface area contributed by atoms with Gasteiger partial charge in [-0.25, -0.2) is 0 Å². The zero-order valence-corrected chi connectivity index (χ0v) is 12.2. The molecule has 2 aliphatic carbocycles. The molecule has 0 radical (unpaired) electrons. The second kappa shape index (κ2) is 5.50. The highest BCUT2D eigenvalue weighted by molar-refractivity contribution is 5.77. The molecule has 0 aliphatic heterocycles. The summed E-state index contributed by atoms with van der Waals surface area (Å²) < 4.78 is 6.14. The van der Waals surface area contributed by atoms with Gasteiger partial charge >= 0.3 is 0 Å². The van der Waals surface area contributed by atoms with Crippen LogP contribution in [0.1, 0.15) is 36.0 Å². The van der Waals surface area contributed by atoms with E-state index in [1.54, 1.807) is 11.1 Å². The van der Waals surface area contributed by atoms with E-state index in [0.29, 0.717) is 6.10 Å². The van der Waals surface area contributed by atoms with Crippen molar-refractivity contribution in [1.29, 1.82) is 0 Å². The number of rotatable bonds is 3. The Labute approximate surface area is 126 Å². The zero-order valence-electron chi connectivity index (χ0n) is 12.2. The molecule has 0 aromatic heterocycles. The number of hydrogen-bond acceptors (Lipinski definition) is 1. The monoisotopic (exact) mass is 276 g/mol. The Hall–Kier alpha value is -1.86. The Kier molecular flexibility index (Phi) is 3.36. The number of hydrogen-bond donors (Lipinski definition) is 0. The predicted octanol–water partition coefficient (Wildman–Crippen LogP) is 4.77. The van der Waals surface area contributed by atoms with Crippen molar-refractivity contribution in [3.05, 3.63) is 76.9 Å². The maximum absolute atomic E-state index is 6.14. The fourth-order valence-corrected chi connectivity index (χ4v) is 3.62. The van der Waals surface area contributed by atoms with Gasteiger partial charge in [-0.05, 0) is 47.9 Å². The highest BCUT2D eigenvalue weighted by atomic mass is 16.5. The molecule has 1 heteroatoms. The van der Waals surface area contributed by atoms with E-state index in [2.05, 4.69) is 54.6 Å². The smallest absolute Gasteiger partial charge is 0.0720 e. The van der Waals surface area contributed by atoms with Crippen molar-refractivity contribution in [2.24, 2.45) is 0 Å². The largest absolute Gasteiger partial charge is 0.373 e. The standard InChI is InChI=1S/C20H20O/c1-2-6-15(7-3-1)14-21-18-10-11-20-17(13-18)12-16-8-4-5-9-19(16)20/h1-9,18H,10-14H2. The second-order valence-electron chi connectivity index (χ2n) is 6.08. The van der Waals surface area contributed by atoms with E-state index in [4.69, 9.17) is 4.74 Å². The molecule has 0 heterocycles. The third kappa shape index (κ3) is 2.54. The van der Waals surface area contributed by atoms with Gasteiger partial charge in [0.2, 0.25) is 0 Å². The Morgan fingerprint density at radius 1 is 0.952 bits per heavy atom. The maximum atomic E-state index is 6.14. The molecule has 0 spiro atoms. The summed E-state index contributed by atoms with van der Waals surface area (Å²) in [5, 5.41) is 0. The van der Waals surface area contributed by atoms with Crippen molar-refractivity contribution in [3.8, 4) is 0 Å². The topological polar surface area (TPSA) is 9.23 Å². The van der Waals surface area contributed by atoms with Crippen molar-refractivity contribution < 1.29 is 4.74 Å². The molecule has 2 aromatic rings. The van der Waals surface area contributed by atoms with Crippen molar-refractivity contribution in [2.75, 3.05) is 0 Å². The van der Waals surface area contributed by atoms with Crippen LogP contribution in [0.2, 0.25) is 0 Å². The summed E-state index contributed by atoms with van der Waals surface area (Å²) in [6.07, 6.45) is 4.96. The molecule has 106 valence electrons. The van der Waals surface area contributed by atoms with E-state index in [-0.39, 0.29) is 0 Å². The van der Waals surface area contributed by atoms with Crippen LogP contribution in [0.15, 0.2) is 60.2 Å². The molecule has 0 saturated heterocycles. The first kappa shape index (κ1) is 12.8. The first-order valence-electron chi connectivity index (χ1n) is 7.85. The van der Waals surface area contributed by atoms with E-state index in [9.17, 15) is 0 Å². The van der Waals surface area contributed by atoms with Gasteiger partial charge in [0, 0.05) is 0 Å². The van der Waals surface area contributed by atoms with Crippen molar-refractivity contribution in [1.82, 2.24) is 0 Å². The summed E-state index contributed by atoms with van der Waals surface area (Å²) in [4.78, 5) is 0. The van der Waals surface area contributed by atoms with E-state index >= 15 is 0 Å². The summed E-state index contributed by atoms with van der Waals surface area (Å²) in [7, 11) is 0. The van der Waals surface area contributed by atoms with Crippen LogP contribution in [0, 0.1) is 0 Å². The van der Waals surface area contributed by atoms with Gasteiger partial charge in [-0.2, -0.15) is 0 Å². The van der Waals surface area contributed by atoms with Crippen LogP contribution in [0.5, 0.6) is 0 Å². The van der Waals surface area contributed by atoms with Crippen LogP contribution >= 0.6 is 0 Å². The lowest BCUT2D eigenvalue weighted by atomic mass is 9.90. The average molecular weight is 276 g/mol. The summed E-state index contributed by atoms with van der Waals surface area (Å²) in [5.41, 5.74) is 7.48. The fourth-order valence-electron chi connectivity index (χ4n) is 3.62. The fraction of sp³-hybridized carbons (Fsp3) is 0.300. The Morgan fingerprint density at radius 2 is 1.76 bits per heavy atom. The van der Waals surface area contributed by atoms with Gasteiger partial charge in [0.15, 0.2) is 0 Å². The van der Waals surface area contributed by atoms with Gasteiger partial charge in [-0.15, -0.1) is 0 Å².